The van der Waals surface area contributed by atoms with Crippen molar-refractivity contribution in [1.29, 1.82) is 0 Å². The van der Waals surface area contributed by atoms with Crippen LogP contribution in [0.15, 0.2) is 12.2 Å². The fourth-order valence-electron chi connectivity index (χ4n) is 0.900. The van der Waals surface area contributed by atoms with E-state index < -0.39 is 0 Å². The molecule has 9 heavy (non-hydrogen) atoms. The number of ether oxygens (including phenoxy) is 1. The molecule has 0 radical (unpaired) electrons. The van der Waals surface area contributed by atoms with Gasteiger partial charge in [-0.3, -0.25) is 0 Å². The zero-order chi connectivity index (χ0) is 6.69. The SMILES string of the molecule is C[C@@H](CN)[C@@H]1C=CCO1. The Balaban J connectivity index is 2.33. The van der Waals surface area contributed by atoms with Gasteiger partial charge in [0.05, 0.1) is 12.7 Å². The highest BCUT2D eigenvalue weighted by molar-refractivity contribution is 4.97. The second-order valence-corrected chi connectivity index (χ2v) is 2.44. The van der Waals surface area contributed by atoms with Crippen LogP contribution in [-0.4, -0.2) is 19.3 Å². The van der Waals surface area contributed by atoms with Crippen molar-refractivity contribution < 1.29 is 4.74 Å². The van der Waals surface area contributed by atoms with Crippen LogP contribution in [0.3, 0.4) is 0 Å². The molecular weight excluding hydrogens is 114 g/mol. The van der Waals surface area contributed by atoms with Crippen LogP contribution in [0.5, 0.6) is 0 Å². The number of nitrogens with two attached hydrogens (primary N) is 1. The summed E-state index contributed by atoms with van der Waals surface area (Å²) in [6.45, 7) is 3.56. The van der Waals surface area contributed by atoms with Gasteiger partial charge in [0, 0.05) is 0 Å². The lowest BCUT2D eigenvalue weighted by Gasteiger charge is -2.14. The molecule has 2 nitrogen and oxygen atoms in total. The molecule has 0 amide bonds. The first-order valence-corrected chi connectivity index (χ1v) is 3.33. The van der Waals surface area contributed by atoms with Crippen molar-refractivity contribution in [3.63, 3.8) is 0 Å². The molecule has 0 aromatic heterocycles. The summed E-state index contributed by atoms with van der Waals surface area (Å²) in [5.41, 5.74) is 5.44. The van der Waals surface area contributed by atoms with Gasteiger partial charge in [-0.25, -0.2) is 0 Å². The Hall–Kier alpha value is -0.340. The molecule has 0 fully saturated rings. The molecule has 0 saturated heterocycles. The van der Waals surface area contributed by atoms with Crippen LogP contribution in [0.4, 0.5) is 0 Å². The lowest BCUT2D eigenvalue weighted by Crippen LogP contribution is -2.23. The predicted molar refractivity (Wildman–Crippen MR) is 37.1 cm³/mol. The molecule has 1 aliphatic rings. The highest BCUT2D eigenvalue weighted by Gasteiger charge is 2.15. The first-order valence-electron chi connectivity index (χ1n) is 3.33. The minimum atomic E-state index is 0.273. The second-order valence-electron chi connectivity index (χ2n) is 2.44. The fraction of sp³-hybridized carbons (Fsp3) is 0.714. The average molecular weight is 127 g/mol. The van der Waals surface area contributed by atoms with Gasteiger partial charge in [-0.2, -0.15) is 0 Å². The maximum absolute atomic E-state index is 5.44. The van der Waals surface area contributed by atoms with Crippen molar-refractivity contribution in [2.24, 2.45) is 11.7 Å². The molecule has 2 atom stereocenters. The molecule has 52 valence electrons. The van der Waals surface area contributed by atoms with Gasteiger partial charge in [-0.05, 0) is 12.5 Å². The summed E-state index contributed by atoms with van der Waals surface area (Å²) in [4.78, 5) is 0. The van der Waals surface area contributed by atoms with Gasteiger partial charge in [0.2, 0.25) is 0 Å². The van der Waals surface area contributed by atoms with E-state index in [2.05, 4.69) is 13.0 Å². The first-order chi connectivity index (χ1) is 4.34. The third kappa shape index (κ3) is 1.53. The molecular formula is C7H13NO. The lowest BCUT2D eigenvalue weighted by molar-refractivity contribution is 0.0901. The van der Waals surface area contributed by atoms with Gasteiger partial charge in [0.25, 0.3) is 0 Å². The highest BCUT2D eigenvalue weighted by Crippen LogP contribution is 2.11. The van der Waals surface area contributed by atoms with Crippen LogP contribution >= 0.6 is 0 Å². The second kappa shape index (κ2) is 2.99. The maximum atomic E-state index is 5.44. The quantitative estimate of drug-likeness (QED) is 0.549. The average Bonchev–Trinajstić information content (AvgIpc) is 2.37. The summed E-state index contributed by atoms with van der Waals surface area (Å²) < 4.78 is 5.31. The lowest BCUT2D eigenvalue weighted by atomic mass is 10.1. The minimum Gasteiger partial charge on any atom is -0.370 e. The predicted octanol–water partition coefficient (Wildman–Crippen LogP) is 0.536. The zero-order valence-corrected chi connectivity index (χ0v) is 5.71. The summed E-state index contributed by atoms with van der Waals surface area (Å²) in [5, 5.41) is 0. The van der Waals surface area contributed by atoms with Crippen molar-refractivity contribution in [3.05, 3.63) is 12.2 Å². The van der Waals surface area contributed by atoms with Crippen molar-refractivity contribution in [1.82, 2.24) is 0 Å². The zero-order valence-electron chi connectivity index (χ0n) is 5.71. The van der Waals surface area contributed by atoms with E-state index >= 15 is 0 Å². The van der Waals surface area contributed by atoms with Gasteiger partial charge < -0.3 is 10.5 Å². The molecule has 1 aliphatic heterocycles. The van der Waals surface area contributed by atoms with Crippen LogP contribution in [0.25, 0.3) is 0 Å². The topological polar surface area (TPSA) is 35.2 Å². The number of rotatable bonds is 2. The highest BCUT2D eigenvalue weighted by atomic mass is 16.5. The van der Waals surface area contributed by atoms with Crippen LogP contribution in [0, 0.1) is 5.92 Å². The van der Waals surface area contributed by atoms with Crippen molar-refractivity contribution in [3.8, 4) is 0 Å². The van der Waals surface area contributed by atoms with E-state index in [4.69, 9.17) is 10.5 Å². The molecule has 1 heterocycles. The van der Waals surface area contributed by atoms with E-state index in [1.807, 2.05) is 6.08 Å². The van der Waals surface area contributed by atoms with E-state index in [1.165, 1.54) is 0 Å². The standard InChI is InChI=1S/C7H13NO/c1-6(5-8)7-3-2-4-9-7/h2-3,6-7H,4-5,8H2,1H3/t6-,7-/m0/s1. The van der Waals surface area contributed by atoms with Crippen LogP contribution in [0.2, 0.25) is 0 Å². The van der Waals surface area contributed by atoms with E-state index in [-0.39, 0.29) is 6.10 Å². The van der Waals surface area contributed by atoms with Gasteiger partial charge in [0.1, 0.15) is 0 Å². The summed E-state index contributed by atoms with van der Waals surface area (Å²) in [6, 6.07) is 0. The van der Waals surface area contributed by atoms with Crippen LogP contribution in [0.1, 0.15) is 6.92 Å². The molecule has 0 aromatic rings. The normalized spacial score (nSPS) is 28.9. The minimum absolute atomic E-state index is 0.273. The monoisotopic (exact) mass is 127 g/mol. The molecule has 1 rings (SSSR count). The molecule has 2 N–H and O–H groups in total. The summed E-state index contributed by atoms with van der Waals surface area (Å²) in [7, 11) is 0. The Kier molecular flexibility index (Phi) is 2.25. The Morgan fingerprint density at radius 3 is 3.11 bits per heavy atom. The summed E-state index contributed by atoms with van der Waals surface area (Å²) in [5.74, 6) is 0.462. The third-order valence-electron chi connectivity index (χ3n) is 1.64. The Bertz CT molecular complexity index is 111. The van der Waals surface area contributed by atoms with E-state index in [0.717, 1.165) is 6.61 Å². The van der Waals surface area contributed by atoms with Crippen molar-refractivity contribution in [2.45, 2.75) is 13.0 Å². The molecule has 0 aliphatic carbocycles. The van der Waals surface area contributed by atoms with E-state index in [9.17, 15) is 0 Å². The molecule has 0 unspecified atom stereocenters. The van der Waals surface area contributed by atoms with Crippen LogP contribution < -0.4 is 5.73 Å². The summed E-state index contributed by atoms with van der Waals surface area (Å²) in [6.07, 6.45) is 4.39. The molecule has 0 spiro atoms. The third-order valence-corrected chi connectivity index (χ3v) is 1.64. The Morgan fingerprint density at radius 1 is 1.89 bits per heavy atom. The molecule has 0 aromatic carbocycles. The Morgan fingerprint density at radius 2 is 2.67 bits per heavy atom. The number of hydrogen-bond acceptors (Lipinski definition) is 2. The van der Waals surface area contributed by atoms with Gasteiger partial charge >= 0.3 is 0 Å². The maximum Gasteiger partial charge on any atom is 0.0798 e. The first kappa shape index (κ1) is 6.78. The smallest absolute Gasteiger partial charge is 0.0798 e. The van der Waals surface area contributed by atoms with Crippen molar-refractivity contribution in [2.75, 3.05) is 13.2 Å². The van der Waals surface area contributed by atoms with E-state index in [1.54, 1.807) is 0 Å². The van der Waals surface area contributed by atoms with Crippen LogP contribution in [-0.2, 0) is 4.74 Å². The van der Waals surface area contributed by atoms with Gasteiger partial charge in [0.15, 0.2) is 0 Å². The van der Waals surface area contributed by atoms with Gasteiger partial charge in [-0.15, -0.1) is 0 Å². The molecule has 0 bridgehead atoms. The van der Waals surface area contributed by atoms with Crippen molar-refractivity contribution >= 4 is 0 Å². The molecule has 0 saturated carbocycles. The fourth-order valence-corrected chi connectivity index (χ4v) is 0.900. The number of hydrogen-bond donors (Lipinski definition) is 1. The van der Waals surface area contributed by atoms with E-state index in [0.29, 0.717) is 12.5 Å². The van der Waals surface area contributed by atoms with Gasteiger partial charge in [-0.1, -0.05) is 19.1 Å². The molecule has 2 heteroatoms. The Labute approximate surface area is 55.7 Å². The largest absolute Gasteiger partial charge is 0.370 e. The summed E-state index contributed by atoms with van der Waals surface area (Å²) >= 11 is 0.